The first-order chi connectivity index (χ1) is 11.8. The van der Waals surface area contributed by atoms with Crippen molar-refractivity contribution in [3.05, 3.63) is 64.2 Å². The smallest absolute Gasteiger partial charge is 0.337 e. The summed E-state index contributed by atoms with van der Waals surface area (Å²) < 4.78 is 32.1. The van der Waals surface area contributed by atoms with Crippen LogP contribution in [0.1, 0.15) is 28.4 Å². The van der Waals surface area contributed by atoms with Gasteiger partial charge in [0.1, 0.15) is 0 Å². The van der Waals surface area contributed by atoms with Gasteiger partial charge in [0.2, 0.25) is 10.0 Å². The van der Waals surface area contributed by atoms with Crippen molar-refractivity contribution in [3.8, 4) is 0 Å². The van der Waals surface area contributed by atoms with Crippen LogP contribution in [0.4, 0.5) is 0 Å². The van der Waals surface area contributed by atoms with Crippen LogP contribution in [-0.4, -0.2) is 32.3 Å². The number of ether oxygens (including phenoxy) is 1. The Balaban J connectivity index is 2.38. The number of hydrogen-bond donors (Lipinski definition) is 0. The molecule has 2 rings (SSSR count). The summed E-state index contributed by atoms with van der Waals surface area (Å²) in [5.41, 5.74) is 1.53. The summed E-state index contributed by atoms with van der Waals surface area (Å²) >= 11 is 6.15. The van der Waals surface area contributed by atoms with Crippen LogP contribution in [-0.2, 0) is 21.3 Å². The van der Waals surface area contributed by atoms with Gasteiger partial charge < -0.3 is 4.74 Å². The molecule has 2 aromatic carbocycles. The SMILES string of the molecule is CCN(Cc1ccccc1Cl)S(=O)(=O)c1ccc(C(=O)OC)cc1C. The van der Waals surface area contributed by atoms with Crippen LogP contribution in [0.25, 0.3) is 0 Å². The van der Waals surface area contributed by atoms with Gasteiger partial charge in [-0.25, -0.2) is 13.2 Å². The Morgan fingerprint density at radius 3 is 2.44 bits per heavy atom. The van der Waals surface area contributed by atoms with Crippen LogP contribution in [0, 0.1) is 6.92 Å². The summed E-state index contributed by atoms with van der Waals surface area (Å²) in [4.78, 5) is 11.8. The van der Waals surface area contributed by atoms with Gasteiger partial charge in [0.05, 0.1) is 17.6 Å². The molecule has 0 amide bonds. The van der Waals surface area contributed by atoms with Crippen LogP contribution >= 0.6 is 11.6 Å². The van der Waals surface area contributed by atoms with Gasteiger partial charge in [-0.3, -0.25) is 0 Å². The van der Waals surface area contributed by atoms with Crippen molar-refractivity contribution in [1.82, 2.24) is 4.31 Å². The van der Waals surface area contributed by atoms with Crippen LogP contribution in [0.15, 0.2) is 47.4 Å². The van der Waals surface area contributed by atoms with Crippen LogP contribution in [0.3, 0.4) is 0 Å². The number of halogens is 1. The number of esters is 1. The zero-order chi connectivity index (χ0) is 18.6. The van der Waals surface area contributed by atoms with E-state index in [-0.39, 0.29) is 11.4 Å². The van der Waals surface area contributed by atoms with E-state index in [0.717, 1.165) is 5.56 Å². The lowest BCUT2D eigenvalue weighted by molar-refractivity contribution is 0.0600. The maximum absolute atomic E-state index is 13.0. The minimum atomic E-state index is -3.72. The Bertz CT molecular complexity index is 880. The molecule has 0 unspecified atom stereocenters. The Kier molecular flexibility index (Phi) is 6.21. The molecule has 0 fully saturated rings. The lowest BCUT2D eigenvalue weighted by Gasteiger charge is -2.22. The second-order valence-corrected chi connectivity index (χ2v) is 7.81. The highest BCUT2D eigenvalue weighted by atomic mass is 35.5. The average molecular weight is 382 g/mol. The molecule has 0 heterocycles. The van der Waals surface area contributed by atoms with Gasteiger partial charge in [0.25, 0.3) is 0 Å². The number of carbonyl (C=O) groups is 1. The number of aryl methyl sites for hydroxylation is 1. The van der Waals surface area contributed by atoms with E-state index in [4.69, 9.17) is 11.6 Å². The minimum Gasteiger partial charge on any atom is -0.465 e. The number of nitrogens with zero attached hydrogens (tertiary/aromatic N) is 1. The van der Waals surface area contributed by atoms with E-state index >= 15 is 0 Å². The second kappa shape index (κ2) is 7.99. The van der Waals surface area contributed by atoms with Crippen LogP contribution in [0.2, 0.25) is 5.02 Å². The zero-order valence-electron chi connectivity index (χ0n) is 14.3. The molecule has 0 aliphatic heterocycles. The lowest BCUT2D eigenvalue weighted by Crippen LogP contribution is -2.31. The zero-order valence-corrected chi connectivity index (χ0v) is 15.9. The molecule has 0 N–H and O–H groups in total. The fraction of sp³-hybridized carbons (Fsp3) is 0.278. The molecule has 7 heteroatoms. The average Bonchev–Trinajstić information content (AvgIpc) is 2.59. The van der Waals surface area contributed by atoms with Crippen molar-refractivity contribution >= 4 is 27.6 Å². The molecule has 0 spiro atoms. The van der Waals surface area contributed by atoms with Gasteiger partial charge in [0, 0.05) is 18.1 Å². The van der Waals surface area contributed by atoms with E-state index in [2.05, 4.69) is 4.74 Å². The number of carbonyl (C=O) groups excluding carboxylic acids is 1. The number of hydrogen-bond acceptors (Lipinski definition) is 4. The van der Waals surface area contributed by atoms with E-state index in [1.807, 2.05) is 6.07 Å². The second-order valence-electron chi connectivity index (χ2n) is 5.49. The molecule has 0 atom stereocenters. The number of sulfonamides is 1. The quantitative estimate of drug-likeness (QED) is 0.716. The van der Waals surface area contributed by atoms with Gasteiger partial charge >= 0.3 is 5.97 Å². The first-order valence-corrected chi connectivity index (χ1v) is 9.55. The highest BCUT2D eigenvalue weighted by molar-refractivity contribution is 7.89. The van der Waals surface area contributed by atoms with Crippen molar-refractivity contribution in [2.75, 3.05) is 13.7 Å². The monoisotopic (exact) mass is 381 g/mol. The fourth-order valence-electron chi connectivity index (χ4n) is 2.51. The van der Waals surface area contributed by atoms with Crippen molar-refractivity contribution in [2.45, 2.75) is 25.3 Å². The van der Waals surface area contributed by atoms with E-state index < -0.39 is 16.0 Å². The van der Waals surface area contributed by atoms with Gasteiger partial charge in [-0.15, -0.1) is 0 Å². The largest absolute Gasteiger partial charge is 0.465 e. The highest BCUT2D eigenvalue weighted by Crippen LogP contribution is 2.25. The van der Waals surface area contributed by atoms with E-state index in [0.29, 0.717) is 22.7 Å². The van der Waals surface area contributed by atoms with E-state index in [1.165, 1.54) is 29.6 Å². The Morgan fingerprint density at radius 1 is 1.20 bits per heavy atom. The Morgan fingerprint density at radius 2 is 1.88 bits per heavy atom. The van der Waals surface area contributed by atoms with E-state index in [9.17, 15) is 13.2 Å². The normalized spacial score (nSPS) is 11.6. The number of rotatable bonds is 6. The summed E-state index contributed by atoms with van der Waals surface area (Å²) in [6, 6.07) is 11.6. The van der Waals surface area contributed by atoms with Crippen molar-refractivity contribution in [3.63, 3.8) is 0 Å². The van der Waals surface area contributed by atoms with Gasteiger partial charge in [0.15, 0.2) is 0 Å². The van der Waals surface area contributed by atoms with Crippen molar-refractivity contribution in [1.29, 1.82) is 0 Å². The predicted octanol–water partition coefficient (Wildman–Crippen LogP) is 3.65. The molecule has 0 aliphatic carbocycles. The van der Waals surface area contributed by atoms with Crippen LogP contribution < -0.4 is 0 Å². The molecule has 0 saturated carbocycles. The van der Waals surface area contributed by atoms with Crippen molar-refractivity contribution < 1.29 is 17.9 Å². The summed E-state index contributed by atoms with van der Waals surface area (Å²) in [6.07, 6.45) is 0. The number of methoxy groups -OCH3 is 1. The molecule has 0 saturated heterocycles. The molecule has 5 nitrogen and oxygen atoms in total. The van der Waals surface area contributed by atoms with Gasteiger partial charge in [-0.1, -0.05) is 36.7 Å². The molecule has 25 heavy (non-hydrogen) atoms. The maximum atomic E-state index is 13.0. The topological polar surface area (TPSA) is 63.7 Å². The molecule has 0 aromatic heterocycles. The minimum absolute atomic E-state index is 0.161. The third kappa shape index (κ3) is 4.21. The van der Waals surface area contributed by atoms with Crippen molar-refractivity contribution in [2.24, 2.45) is 0 Å². The summed E-state index contributed by atoms with van der Waals surface area (Å²) in [5, 5.41) is 0.522. The summed E-state index contributed by atoms with van der Waals surface area (Å²) in [5.74, 6) is -0.504. The van der Waals surface area contributed by atoms with Crippen LogP contribution in [0.5, 0.6) is 0 Å². The Labute approximate surface area is 153 Å². The first kappa shape index (κ1) is 19.4. The predicted molar refractivity (Wildman–Crippen MR) is 97.2 cm³/mol. The molecule has 0 aliphatic rings. The molecule has 134 valence electrons. The van der Waals surface area contributed by atoms with Gasteiger partial charge in [-0.2, -0.15) is 4.31 Å². The van der Waals surface area contributed by atoms with E-state index in [1.54, 1.807) is 32.0 Å². The van der Waals surface area contributed by atoms with Gasteiger partial charge in [-0.05, 0) is 42.3 Å². The number of benzene rings is 2. The molecule has 0 bridgehead atoms. The lowest BCUT2D eigenvalue weighted by atomic mass is 10.1. The first-order valence-electron chi connectivity index (χ1n) is 7.73. The third-order valence-corrected chi connectivity index (χ3v) is 6.32. The molecule has 2 aromatic rings. The Hall–Kier alpha value is -1.89. The molecular formula is C18H20ClNO4S. The molecular weight excluding hydrogens is 362 g/mol. The highest BCUT2D eigenvalue weighted by Gasteiger charge is 2.26. The maximum Gasteiger partial charge on any atom is 0.337 e. The third-order valence-electron chi connectivity index (χ3n) is 3.87. The summed E-state index contributed by atoms with van der Waals surface area (Å²) in [7, 11) is -2.44. The molecule has 0 radical (unpaired) electrons. The standard InChI is InChI=1S/C18H20ClNO4S/c1-4-20(12-15-7-5-6-8-16(15)19)25(22,23)17-10-9-14(11-13(17)2)18(21)24-3/h5-11H,4,12H2,1-3H3. The summed E-state index contributed by atoms with van der Waals surface area (Å²) in [6.45, 7) is 3.90. The fourth-order valence-corrected chi connectivity index (χ4v) is 4.33.